The Bertz CT molecular complexity index is 796. The van der Waals surface area contributed by atoms with Crippen LogP contribution < -0.4 is 0 Å². The highest BCUT2D eigenvalue weighted by atomic mass is 19.4. The molecule has 0 bridgehead atoms. The molecule has 26 heavy (non-hydrogen) atoms. The van der Waals surface area contributed by atoms with Crippen molar-refractivity contribution in [3.05, 3.63) is 43.0 Å². The van der Waals surface area contributed by atoms with Gasteiger partial charge in [0.05, 0.1) is 12.0 Å². The lowest BCUT2D eigenvalue weighted by Gasteiger charge is -2.06. The first-order valence-corrected chi connectivity index (χ1v) is 7.78. The van der Waals surface area contributed by atoms with Crippen LogP contribution in [0.5, 0.6) is 0 Å². The van der Waals surface area contributed by atoms with E-state index in [-0.39, 0.29) is 6.61 Å². The number of halogens is 3. The van der Waals surface area contributed by atoms with E-state index in [4.69, 9.17) is 5.11 Å². The van der Waals surface area contributed by atoms with Crippen LogP contribution in [0.25, 0.3) is 11.4 Å². The van der Waals surface area contributed by atoms with Crippen molar-refractivity contribution in [2.45, 2.75) is 19.1 Å². The molecule has 0 saturated heterocycles. The summed E-state index contributed by atoms with van der Waals surface area (Å²) in [5.41, 5.74) is 1.68. The van der Waals surface area contributed by atoms with Gasteiger partial charge in [0, 0.05) is 43.5 Å². The van der Waals surface area contributed by atoms with Gasteiger partial charge in [0.1, 0.15) is 17.9 Å². The number of nitrogens with zero attached hydrogens (tertiary/aromatic N) is 5. The normalized spacial score (nSPS) is 12.3. The lowest BCUT2D eigenvalue weighted by atomic mass is 10.1. The lowest BCUT2D eigenvalue weighted by molar-refractivity contribution is -0.118. The van der Waals surface area contributed by atoms with E-state index in [0.717, 1.165) is 6.21 Å². The lowest BCUT2D eigenvalue weighted by Crippen LogP contribution is -2.11. The Kier molecular flexibility index (Phi) is 6.79. The summed E-state index contributed by atoms with van der Waals surface area (Å²) in [7, 11) is 0. The molecule has 0 aromatic carbocycles. The number of aromatic nitrogens is 3. The summed E-state index contributed by atoms with van der Waals surface area (Å²) in [4.78, 5) is 16.2. The zero-order valence-electron chi connectivity index (χ0n) is 13.9. The molecule has 0 radical (unpaired) electrons. The number of hydrogen-bond donors (Lipinski definition) is 1. The van der Waals surface area contributed by atoms with Crippen molar-refractivity contribution in [2.75, 3.05) is 13.2 Å². The van der Waals surface area contributed by atoms with Gasteiger partial charge in [-0.25, -0.2) is 4.98 Å². The van der Waals surface area contributed by atoms with E-state index >= 15 is 0 Å². The Labute approximate surface area is 148 Å². The monoisotopic (exact) mass is 365 g/mol. The van der Waals surface area contributed by atoms with Gasteiger partial charge in [-0.1, -0.05) is 12.7 Å². The summed E-state index contributed by atoms with van der Waals surface area (Å²) in [5, 5.41) is 8.90. The molecule has 2 rings (SSSR count). The van der Waals surface area contributed by atoms with E-state index in [1.165, 1.54) is 24.6 Å². The zero-order chi connectivity index (χ0) is 19.0. The number of hydrogen-bond acceptors (Lipinski definition) is 5. The molecular weight excluding hydrogens is 347 g/mol. The summed E-state index contributed by atoms with van der Waals surface area (Å²) in [6.07, 6.45) is 5.00. The third-order valence-corrected chi connectivity index (χ3v) is 3.22. The Morgan fingerprint density at radius 1 is 1.31 bits per heavy atom. The molecule has 0 aliphatic heterocycles. The number of rotatable bonds is 8. The summed E-state index contributed by atoms with van der Waals surface area (Å²) in [6, 6.07) is 1.53. The molecule has 0 amide bonds. The third-order valence-electron chi connectivity index (χ3n) is 3.22. The number of aliphatic hydroxyl groups excluding tert-OH is 1. The summed E-state index contributed by atoms with van der Waals surface area (Å²) in [5.74, 6) is 0. The standard InChI is InChI=1S/C17H18F3N5O/c1-2-5-22-15-13(9-21-11-17(18,19)20)4-6-23-16(15)14-10-25(12-24-14)7-3-8-26/h2,4-6,9-10,12,26H,1,3,7-8,11H2. The fourth-order valence-corrected chi connectivity index (χ4v) is 2.13. The van der Waals surface area contributed by atoms with Crippen LogP contribution in [-0.4, -0.2) is 51.4 Å². The topological polar surface area (TPSA) is 75.7 Å². The van der Waals surface area contributed by atoms with Gasteiger partial charge in [-0.05, 0) is 12.5 Å². The van der Waals surface area contributed by atoms with Crippen molar-refractivity contribution < 1.29 is 18.3 Å². The molecule has 2 heterocycles. The van der Waals surface area contributed by atoms with Crippen LogP contribution in [-0.2, 0) is 6.54 Å². The minimum atomic E-state index is -4.37. The van der Waals surface area contributed by atoms with Gasteiger partial charge >= 0.3 is 6.18 Å². The van der Waals surface area contributed by atoms with Crippen LogP contribution in [0.3, 0.4) is 0 Å². The van der Waals surface area contributed by atoms with Crippen LogP contribution in [0.1, 0.15) is 12.0 Å². The summed E-state index contributed by atoms with van der Waals surface area (Å²) >= 11 is 0. The van der Waals surface area contributed by atoms with E-state index in [9.17, 15) is 13.2 Å². The van der Waals surface area contributed by atoms with Crippen molar-refractivity contribution in [1.29, 1.82) is 0 Å². The smallest absolute Gasteiger partial charge is 0.396 e. The van der Waals surface area contributed by atoms with Gasteiger partial charge in [-0.15, -0.1) is 0 Å². The first kappa shape index (κ1) is 19.5. The number of imidazole rings is 1. The van der Waals surface area contributed by atoms with Crippen molar-refractivity contribution in [3.63, 3.8) is 0 Å². The first-order chi connectivity index (χ1) is 12.4. The van der Waals surface area contributed by atoms with Crippen molar-refractivity contribution >= 4 is 18.1 Å². The molecule has 9 heteroatoms. The number of aliphatic hydroxyl groups is 1. The molecule has 0 unspecified atom stereocenters. The number of alkyl halides is 3. The van der Waals surface area contributed by atoms with Gasteiger partial charge in [0.15, 0.2) is 0 Å². The molecule has 0 spiro atoms. The molecule has 2 aromatic rings. The summed E-state index contributed by atoms with van der Waals surface area (Å²) < 4.78 is 38.7. The fraction of sp³-hybridized carbons (Fsp3) is 0.294. The second-order valence-electron chi connectivity index (χ2n) is 5.27. The number of aliphatic imine (C=N–C) groups is 2. The van der Waals surface area contributed by atoms with Gasteiger partial charge in [-0.2, -0.15) is 13.2 Å². The predicted molar refractivity (Wildman–Crippen MR) is 94.0 cm³/mol. The zero-order valence-corrected chi connectivity index (χ0v) is 13.9. The highest BCUT2D eigenvalue weighted by Crippen LogP contribution is 2.29. The maximum absolute atomic E-state index is 12.3. The van der Waals surface area contributed by atoms with Crippen LogP contribution >= 0.6 is 0 Å². The van der Waals surface area contributed by atoms with Crippen molar-refractivity contribution in [1.82, 2.24) is 14.5 Å². The molecular formula is C17H18F3N5O. The summed E-state index contributed by atoms with van der Waals surface area (Å²) in [6.45, 7) is 2.92. The van der Waals surface area contributed by atoms with E-state index in [1.54, 1.807) is 17.1 Å². The maximum Gasteiger partial charge on any atom is 0.407 e. The molecule has 0 atom stereocenters. The third kappa shape index (κ3) is 5.62. The second kappa shape index (κ2) is 9.04. The van der Waals surface area contributed by atoms with Crippen molar-refractivity contribution in [2.24, 2.45) is 9.98 Å². The van der Waals surface area contributed by atoms with Crippen LogP contribution in [0, 0.1) is 0 Å². The van der Waals surface area contributed by atoms with E-state index in [1.807, 2.05) is 0 Å². The first-order valence-electron chi connectivity index (χ1n) is 7.78. The Morgan fingerprint density at radius 2 is 2.12 bits per heavy atom. The van der Waals surface area contributed by atoms with E-state index < -0.39 is 12.7 Å². The molecule has 2 aromatic heterocycles. The molecule has 0 fully saturated rings. The van der Waals surface area contributed by atoms with Gasteiger partial charge < -0.3 is 9.67 Å². The quantitative estimate of drug-likeness (QED) is 0.730. The average Bonchev–Trinajstić information content (AvgIpc) is 3.06. The molecule has 0 aliphatic carbocycles. The molecule has 138 valence electrons. The Morgan fingerprint density at radius 3 is 2.81 bits per heavy atom. The average molecular weight is 365 g/mol. The van der Waals surface area contributed by atoms with Crippen molar-refractivity contribution in [3.8, 4) is 11.4 Å². The minimum absolute atomic E-state index is 0.0613. The minimum Gasteiger partial charge on any atom is -0.396 e. The predicted octanol–water partition coefficient (Wildman–Crippen LogP) is 3.20. The molecule has 0 aliphatic rings. The van der Waals surface area contributed by atoms with Gasteiger partial charge in [-0.3, -0.25) is 15.0 Å². The maximum atomic E-state index is 12.3. The SMILES string of the molecule is C=CC=Nc1c(C=NCC(F)(F)F)ccnc1-c1cn(CCCO)cn1. The number of aryl methyl sites for hydroxylation is 1. The van der Waals surface area contributed by atoms with E-state index in [2.05, 4.69) is 26.5 Å². The Hall–Kier alpha value is -2.81. The van der Waals surface area contributed by atoms with Crippen LogP contribution in [0.15, 0.2) is 47.4 Å². The highest BCUT2D eigenvalue weighted by molar-refractivity contribution is 5.93. The molecule has 1 N–H and O–H groups in total. The van der Waals surface area contributed by atoms with Crippen LogP contribution in [0.2, 0.25) is 0 Å². The second-order valence-corrected chi connectivity index (χ2v) is 5.27. The fourth-order valence-electron chi connectivity index (χ4n) is 2.13. The largest absolute Gasteiger partial charge is 0.407 e. The van der Waals surface area contributed by atoms with Gasteiger partial charge in [0.25, 0.3) is 0 Å². The molecule has 0 saturated carbocycles. The number of allylic oxidation sites excluding steroid dienone is 1. The molecule has 6 nitrogen and oxygen atoms in total. The highest BCUT2D eigenvalue weighted by Gasteiger charge is 2.26. The van der Waals surface area contributed by atoms with E-state index in [0.29, 0.717) is 35.6 Å². The van der Waals surface area contributed by atoms with Gasteiger partial charge in [0.2, 0.25) is 0 Å². The number of pyridine rings is 1. The Balaban J connectivity index is 2.39. The van der Waals surface area contributed by atoms with Crippen LogP contribution in [0.4, 0.5) is 18.9 Å².